The average Bonchev–Trinajstić information content (AvgIpc) is 2.33. The molecule has 1 aromatic rings. The third-order valence-corrected chi connectivity index (χ3v) is 3.67. The first kappa shape index (κ1) is 12.2. The molecule has 0 saturated carbocycles. The van der Waals surface area contributed by atoms with E-state index in [9.17, 15) is 0 Å². The maximum Gasteiger partial charge on any atom is 0.158 e. The van der Waals surface area contributed by atoms with Crippen LogP contribution >= 0.6 is 23.4 Å². The van der Waals surface area contributed by atoms with Crippen LogP contribution in [0.15, 0.2) is 23.4 Å². The highest BCUT2D eigenvalue weighted by Crippen LogP contribution is 2.25. The third kappa shape index (κ3) is 3.63. The summed E-state index contributed by atoms with van der Waals surface area (Å²) in [5.74, 6) is 0.904. The average molecular weight is 260 g/mol. The van der Waals surface area contributed by atoms with Crippen LogP contribution in [0.4, 0.5) is 0 Å². The number of thioether (sulfide) groups is 1. The molecule has 3 nitrogen and oxygen atoms in total. The van der Waals surface area contributed by atoms with E-state index in [1.165, 1.54) is 0 Å². The lowest BCUT2D eigenvalue weighted by molar-refractivity contribution is -0.178. The molecule has 0 atom stereocenters. The summed E-state index contributed by atoms with van der Waals surface area (Å²) in [7, 11) is 0. The molecule has 0 unspecified atom stereocenters. The molecule has 16 heavy (non-hydrogen) atoms. The van der Waals surface area contributed by atoms with Gasteiger partial charge < -0.3 is 9.47 Å². The summed E-state index contributed by atoms with van der Waals surface area (Å²) in [4.78, 5) is 4.21. The number of pyridine rings is 1. The fourth-order valence-corrected chi connectivity index (χ4v) is 2.56. The van der Waals surface area contributed by atoms with E-state index in [-0.39, 0.29) is 6.29 Å². The summed E-state index contributed by atoms with van der Waals surface area (Å²) in [5, 5.41) is 1.58. The van der Waals surface area contributed by atoms with Crippen LogP contribution in [0, 0.1) is 0 Å². The van der Waals surface area contributed by atoms with Crippen molar-refractivity contribution in [1.29, 1.82) is 0 Å². The van der Waals surface area contributed by atoms with Crippen LogP contribution in [0.5, 0.6) is 0 Å². The largest absolute Gasteiger partial charge is 0.353 e. The Morgan fingerprint density at radius 2 is 2.25 bits per heavy atom. The van der Waals surface area contributed by atoms with Gasteiger partial charge in [0.2, 0.25) is 0 Å². The van der Waals surface area contributed by atoms with E-state index in [1.54, 1.807) is 18.0 Å². The van der Waals surface area contributed by atoms with Gasteiger partial charge >= 0.3 is 0 Å². The maximum atomic E-state index is 6.00. The summed E-state index contributed by atoms with van der Waals surface area (Å²) in [5.41, 5.74) is 0. The van der Waals surface area contributed by atoms with Crippen molar-refractivity contribution in [3.63, 3.8) is 0 Å². The van der Waals surface area contributed by atoms with Gasteiger partial charge in [-0.1, -0.05) is 11.6 Å². The minimum atomic E-state index is -0.0521. The van der Waals surface area contributed by atoms with E-state index in [1.807, 2.05) is 12.1 Å². The van der Waals surface area contributed by atoms with E-state index in [0.29, 0.717) is 5.02 Å². The Hall–Kier alpha value is -0.290. The van der Waals surface area contributed by atoms with Gasteiger partial charge in [0.05, 0.1) is 18.2 Å². The fourth-order valence-electron chi connectivity index (χ4n) is 1.43. The lowest BCUT2D eigenvalue weighted by atomic mass is 10.4. The van der Waals surface area contributed by atoms with E-state index < -0.39 is 0 Å². The van der Waals surface area contributed by atoms with Gasteiger partial charge in [-0.05, 0) is 18.6 Å². The first-order valence-corrected chi connectivity index (χ1v) is 6.69. The second-order valence-electron chi connectivity index (χ2n) is 3.45. The number of aromatic nitrogens is 1. The SMILES string of the molecule is Clc1cccnc1SCCC1OCCCO1. The van der Waals surface area contributed by atoms with Gasteiger partial charge in [0.25, 0.3) is 0 Å². The maximum absolute atomic E-state index is 6.00. The number of ether oxygens (including phenoxy) is 2. The predicted octanol–water partition coefficient (Wildman–Crippen LogP) is 2.98. The Morgan fingerprint density at radius 1 is 1.44 bits per heavy atom. The molecule has 1 fully saturated rings. The molecule has 0 N–H and O–H groups in total. The molecule has 0 spiro atoms. The van der Waals surface area contributed by atoms with Gasteiger partial charge in [-0.3, -0.25) is 0 Å². The fraction of sp³-hybridized carbons (Fsp3) is 0.545. The smallest absolute Gasteiger partial charge is 0.158 e. The minimum Gasteiger partial charge on any atom is -0.353 e. The molecule has 2 heterocycles. The van der Waals surface area contributed by atoms with Gasteiger partial charge in [0, 0.05) is 18.4 Å². The van der Waals surface area contributed by atoms with Crippen molar-refractivity contribution < 1.29 is 9.47 Å². The number of halogens is 1. The number of hydrogen-bond acceptors (Lipinski definition) is 4. The Balaban J connectivity index is 1.73. The molecule has 0 bridgehead atoms. The molecule has 1 aromatic heterocycles. The molecular weight excluding hydrogens is 246 g/mol. The molecular formula is C11H14ClNO2S. The van der Waals surface area contributed by atoms with E-state index in [4.69, 9.17) is 21.1 Å². The third-order valence-electron chi connectivity index (χ3n) is 2.21. The van der Waals surface area contributed by atoms with Crippen molar-refractivity contribution in [2.24, 2.45) is 0 Å². The highest BCUT2D eigenvalue weighted by atomic mass is 35.5. The van der Waals surface area contributed by atoms with E-state index in [2.05, 4.69) is 4.98 Å². The molecule has 0 aromatic carbocycles. The summed E-state index contributed by atoms with van der Waals surface area (Å²) >= 11 is 7.64. The van der Waals surface area contributed by atoms with Crippen LogP contribution in [0.2, 0.25) is 5.02 Å². The van der Waals surface area contributed by atoms with Crippen molar-refractivity contribution in [3.8, 4) is 0 Å². The molecule has 1 saturated heterocycles. The van der Waals surface area contributed by atoms with Crippen LogP contribution in [-0.2, 0) is 9.47 Å². The Labute approximate surface area is 104 Å². The Kier molecular flexibility index (Phi) is 4.91. The van der Waals surface area contributed by atoms with Gasteiger partial charge in [-0.15, -0.1) is 11.8 Å². The predicted molar refractivity (Wildman–Crippen MR) is 64.9 cm³/mol. The van der Waals surface area contributed by atoms with Crippen LogP contribution in [0.1, 0.15) is 12.8 Å². The standard InChI is InChI=1S/C11H14ClNO2S/c12-9-3-1-5-13-11(9)16-8-4-10-14-6-2-7-15-10/h1,3,5,10H,2,4,6-8H2. The lowest BCUT2D eigenvalue weighted by Gasteiger charge is -2.22. The Morgan fingerprint density at radius 3 is 3.00 bits per heavy atom. The molecule has 88 valence electrons. The van der Waals surface area contributed by atoms with Crippen molar-refractivity contribution >= 4 is 23.4 Å². The molecule has 2 rings (SSSR count). The van der Waals surface area contributed by atoms with Crippen LogP contribution in [0.3, 0.4) is 0 Å². The first-order chi connectivity index (χ1) is 7.86. The summed E-state index contributed by atoms with van der Waals surface area (Å²) in [6, 6.07) is 3.68. The normalized spacial score (nSPS) is 17.6. The zero-order valence-corrected chi connectivity index (χ0v) is 10.5. The first-order valence-electron chi connectivity index (χ1n) is 5.33. The second-order valence-corrected chi connectivity index (χ2v) is 4.94. The van der Waals surface area contributed by atoms with Crippen molar-refractivity contribution in [3.05, 3.63) is 23.4 Å². The Bertz CT molecular complexity index is 332. The van der Waals surface area contributed by atoms with E-state index >= 15 is 0 Å². The molecule has 5 heteroatoms. The number of hydrogen-bond donors (Lipinski definition) is 0. The summed E-state index contributed by atoms with van der Waals surface area (Å²) in [6.45, 7) is 1.61. The zero-order valence-electron chi connectivity index (χ0n) is 8.89. The van der Waals surface area contributed by atoms with Crippen molar-refractivity contribution in [2.45, 2.75) is 24.2 Å². The monoisotopic (exact) mass is 259 g/mol. The second kappa shape index (κ2) is 6.45. The number of rotatable bonds is 4. The molecule has 1 aliphatic heterocycles. The summed E-state index contributed by atoms with van der Waals surface area (Å²) in [6.07, 6.45) is 3.57. The van der Waals surface area contributed by atoms with Gasteiger partial charge in [0.1, 0.15) is 5.03 Å². The van der Waals surface area contributed by atoms with Crippen LogP contribution < -0.4 is 0 Å². The molecule has 1 aliphatic rings. The van der Waals surface area contributed by atoms with Gasteiger partial charge in [0.15, 0.2) is 6.29 Å². The topological polar surface area (TPSA) is 31.4 Å². The minimum absolute atomic E-state index is 0.0521. The van der Waals surface area contributed by atoms with Gasteiger partial charge in [-0.2, -0.15) is 0 Å². The van der Waals surface area contributed by atoms with Crippen molar-refractivity contribution in [2.75, 3.05) is 19.0 Å². The van der Waals surface area contributed by atoms with Crippen LogP contribution in [0.25, 0.3) is 0 Å². The lowest BCUT2D eigenvalue weighted by Crippen LogP contribution is -2.25. The quantitative estimate of drug-likeness (QED) is 0.778. The van der Waals surface area contributed by atoms with Gasteiger partial charge in [-0.25, -0.2) is 4.98 Å². The van der Waals surface area contributed by atoms with Crippen LogP contribution in [-0.4, -0.2) is 30.2 Å². The number of nitrogens with zero attached hydrogens (tertiary/aromatic N) is 1. The zero-order chi connectivity index (χ0) is 11.2. The highest BCUT2D eigenvalue weighted by Gasteiger charge is 2.14. The molecule has 0 amide bonds. The molecule has 0 aliphatic carbocycles. The van der Waals surface area contributed by atoms with E-state index in [0.717, 1.165) is 36.8 Å². The van der Waals surface area contributed by atoms with Crippen molar-refractivity contribution in [1.82, 2.24) is 4.98 Å². The highest BCUT2D eigenvalue weighted by molar-refractivity contribution is 7.99. The molecule has 0 radical (unpaired) electrons. The summed E-state index contributed by atoms with van der Waals surface area (Å²) < 4.78 is 10.9.